The minimum absolute atomic E-state index is 0.413. The lowest BCUT2D eigenvalue weighted by atomic mass is 9.83. The summed E-state index contributed by atoms with van der Waals surface area (Å²) in [6.45, 7) is 9.00. The van der Waals surface area contributed by atoms with E-state index >= 15 is 0 Å². The second-order valence-electron chi connectivity index (χ2n) is 6.60. The molecule has 1 aromatic carbocycles. The average Bonchev–Trinajstić information content (AvgIpc) is 2.45. The van der Waals surface area contributed by atoms with Gasteiger partial charge in [-0.3, -0.25) is 0 Å². The van der Waals surface area contributed by atoms with Crippen LogP contribution >= 0.6 is 12.2 Å². The van der Waals surface area contributed by atoms with E-state index in [1.807, 2.05) is 24.3 Å². The molecule has 1 aromatic rings. The molecule has 2 rings (SSSR count). The molecule has 0 aromatic heterocycles. The normalized spacial score (nSPS) is 18.4. The molecule has 0 bridgehead atoms. The van der Waals surface area contributed by atoms with E-state index in [4.69, 9.17) is 22.7 Å². The molecule has 1 aliphatic rings. The summed E-state index contributed by atoms with van der Waals surface area (Å²) in [5, 5.41) is 0. The van der Waals surface area contributed by atoms with Crippen LogP contribution in [0.5, 0.6) is 5.75 Å². The molecule has 0 aliphatic carbocycles. The molecule has 116 valence electrons. The number of nitrogens with two attached hydrogens (primary N) is 1. The van der Waals surface area contributed by atoms with Crippen LogP contribution < -0.4 is 10.5 Å². The summed E-state index contributed by atoms with van der Waals surface area (Å²) < 4.78 is 5.79. The van der Waals surface area contributed by atoms with Gasteiger partial charge in [-0.25, -0.2) is 0 Å². The van der Waals surface area contributed by atoms with Gasteiger partial charge in [0.1, 0.15) is 10.7 Å². The van der Waals surface area contributed by atoms with Crippen LogP contribution in [0.3, 0.4) is 0 Å². The number of nitrogens with zero attached hydrogens (tertiary/aromatic N) is 1. The number of likely N-dealkylation sites (tertiary alicyclic amines) is 1. The molecule has 0 amide bonds. The van der Waals surface area contributed by atoms with Crippen LogP contribution in [-0.2, 0) is 0 Å². The molecule has 1 fully saturated rings. The first kappa shape index (κ1) is 16.2. The Morgan fingerprint density at radius 1 is 1.33 bits per heavy atom. The highest BCUT2D eigenvalue weighted by molar-refractivity contribution is 7.80. The van der Waals surface area contributed by atoms with Crippen LogP contribution in [0.25, 0.3) is 0 Å². The lowest BCUT2D eigenvalue weighted by Crippen LogP contribution is -2.38. The van der Waals surface area contributed by atoms with Crippen LogP contribution in [0, 0.1) is 5.41 Å². The second-order valence-corrected chi connectivity index (χ2v) is 7.04. The van der Waals surface area contributed by atoms with Gasteiger partial charge in [0, 0.05) is 12.1 Å². The van der Waals surface area contributed by atoms with Crippen molar-refractivity contribution in [1.29, 1.82) is 0 Å². The Morgan fingerprint density at radius 3 is 2.71 bits per heavy atom. The van der Waals surface area contributed by atoms with Gasteiger partial charge in [0.15, 0.2) is 0 Å². The third-order valence-corrected chi connectivity index (χ3v) is 4.45. The molecule has 0 saturated carbocycles. The van der Waals surface area contributed by atoms with E-state index in [0.29, 0.717) is 10.4 Å². The largest absolute Gasteiger partial charge is 0.494 e. The fourth-order valence-electron chi connectivity index (χ4n) is 2.60. The molecule has 3 nitrogen and oxygen atoms in total. The topological polar surface area (TPSA) is 38.5 Å². The zero-order valence-corrected chi connectivity index (χ0v) is 13.9. The van der Waals surface area contributed by atoms with E-state index in [2.05, 4.69) is 18.7 Å². The van der Waals surface area contributed by atoms with Crippen LogP contribution in [0.2, 0.25) is 0 Å². The van der Waals surface area contributed by atoms with Crippen molar-refractivity contribution in [3.05, 3.63) is 29.8 Å². The molecule has 0 atom stereocenters. The molecule has 1 aliphatic heterocycles. The summed E-state index contributed by atoms with van der Waals surface area (Å²) in [5.74, 6) is 0.847. The number of hydrogen-bond acceptors (Lipinski definition) is 3. The lowest BCUT2D eigenvalue weighted by molar-refractivity contribution is 0.126. The molecule has 0 unspecified atom stereocenters. The third kappa shape index (κ3) is 5.29. The maximum absolute atomic E-state index is 5.79. The standard InChI is InChI=1S/C17H26N2OS/c1-17(2)7-10-19(11-8-17)9-4-12-20-15-6-3-5-14(13-15)16(18)21/h3,5-6,13H,4,7-12H2,1-2H3,(H2,18,21). The van der Waals surface area contributed by atoms with Gasteiger partial charge in [-0.05, 0) is 49.9 Å². The highest BCUT2D eigenvalue weighted by Crippen LogP contribution is 2.29. The molecule has 4 heteroatoms. The smallest absolute Gasteiger partial charge is 0.119 e. The van der Waals surface area contributed by atoms with Gasteiger partial charge < -0.3 is 15.4 Å². The van der Waals surface area contributed by atoms with Crippen molar-refractivity contribution in [3.63, 3.8) is 0 Å². The maximum Gasteiger partial charge on any atom is 0.119 e. The van der Waals surface area contributed by atoms with Gasteiger partial charge in [-0.1, -0.05) is 38.2 Å². The van der Waals surface area contributed by atoms with Crippen LogP contribution in [0.4, 0.5) is 0 Å². The fourth-order valence-corrected chi connectivity index (χ4v) is 2.73. The van der Waals surface area contributed by atoms with Crippen molar-refractivity contribution < 1.29 is 4.74 Å². The molecule has 21 heavy (non-hydrogen) atoms. The number of rotatable bonds is 6. The van der Waals surface area contributed by atoms with E-state index in [9.17, 15) is 0 Å². The Labute approximate surface area is 133 Å². The SMILES string of the molecule is CC1(C)CCN(CCCOc2cccc(C(N)=S)c2)CC1. The minimum Gasteiger partial charge on any atom is -0.494 e. The number of hydrogen-bond donors (Lipinski definition) is 1. The monoisotopic (exact) mass is 306 g/mol. The molecule has 0 radical (unpaired) electrons. The highest BCUT2D eigenvalue weighted by atomic mass is 32.1. The predicted octanol–water partition coefficient (Wildman–Crippen LogP) is 3.21. The predicted molar refractivity (Wildman–Crippen MR) is 91.9 cm³/mol. The Bertz CT molecular complexity index is 477. The van der Waals surface area contributed by atoms with Crippen LogP contribution in [-0.4, -0.2) is 36.1 Å². The summed E-state index contributed by atoms with van der Waals surface area (Å²) in [4.78, 5) is 2.96. The van der Waals surface area contributed by atoms with Crippen molar-refractivity contribution in [2.45, 2.75) is 33.1 Å². The highest BCUT2D eigenvalue weighted by Gasteiger charge is 2.24. The lowest BCUT2D eigenvalue weighted by Gasteiger charge is -2.36. The summed E-state index contributed by atoms with van der Waals surface area (Å²) >= 11 is 4.98. The Balaban J connectivity index is 1.68. The van der Waals surface area contributed by atoms with Gasteiger partial charge in [-0.15, -0.1) is 0 Å². The number of benzene rings is 1. The van der Waals surface area contributed by atoms with Gasteiger partial charge in [0.05, 0.1) is 6.61 Å². The zero-order valence-electron chi connectivity index (χ0n) is 13.1. The maximum atomic E-state index is 5.79. The van der Waals surface area contributed by atoms with E-state index in [0.717, 1.165) is 30.9 Å². The van der Waals surface area contributed by atoms with Crippen molar-refractivity contribution in [2.75, 3.05) is 26.2 Å². The summed E-state index contributed by atoms with van der Waals surface area (Å²) in [7, 11) is 0. The molecule has 2 N–H and O–H groups in total. The Hall–Kier alpha value is -1.13. The molecule has 1 saturated heterocycles. The number of thiocarbonyl (C=S) groups is 1. The van der Waals surface area contributed by atoms with Crippen LogP contribution in [0.15, 0.2) is 24.3 Å². The fraction of sp³-hybridized carbons (Fsp3) is 0.588. The Morgan fingerprint density at radius 2 is 2.05 bits per heavy atom. The molecule has 1 heterocycles. The molecule has 0 spiro atoms. The molecular formula is C17H26N2OS. The number of ether oxygens (including phenoxy) is 1. The average molecular weight is 306 g/mol. The molecular weight excluding hydrogens is 280 g/mol. The van der Waals surface area contributed by atoms with E-state index in [1.54, 1.807) is 0 Å². The second kappa shape index (κ2) is 7.23. The zero-order chi connectivity index (χ0) is 15.3. The summed E-state index contributed by atoms with van der Waals surface area (Å²) in [6.07, 6.45) is 3.64. The van der Waals surface area contributed by atoms with Crippen molar-refractivity contribution in [3.8, 4) is 5.75 Å². The Kier molecular flexibility index (Phi) is 5.59. The first-order valence-electron chi connectivity index (χ1n) is 7.71. The van der Waals surface area contributed by atoms with Gasteiger partial charge in [0.2, 0.25) is 0 Å². The summed E-state index contributed by atoms with van der Waals surface area (Å²) in [5.41, 5.74) is 7.01. The van der Waals surface area contributed by atoms with E-state index in [-0.39, 0.29) is 0 Å². The van der Waals surface area contributed by atoms with Crippen molar-refractivity contribution in [1.82, 2.24) is 4.90 Å². The van der Waals surface area contributed by atoms with E-state index in [1.165, 1.54) is 25.9 Å². The minimum atomic E-state index is 0.413. The van der Waals surface area contributed by atoms with Crippen molar-refractivity contribution >= 4 is 17.2 Å². The van der Waals surface area contributed by atoms with Crippen molar-refractivity contribution in [2.24, 2.45) is 11.1 Å². The van der Waals surface area contributed by atoms with Gasteiger partial charge >= 0.3 is 0 Å². The first-order valence-corrected chi connectivity index (χ1v) is 8.12. The number of piperidine rings is 1. The third-order valence-electron chi connectivity index (χ3n) is 4.22. The first-order chi connectivity index (χ1) is 9.96. The quantitative estimate of drug-likeness (QED) is 0.647. The van der Waals surface area contributed by atoms with Gasteiger partial charge in [-0.2, -0.15) is 0 Å². The van der Waals surface area contributed by atoms with E-state index < -0.39 is 0 Å². The van der Waals surface area contributed by atoms with Gasteiger partial charge in [0.25, 0.3) is 0 Å². The summed E-state index contributed by atoms with van der Waals surface area (Å²) in [6, 6.07) is 7.69. The van der Waals surface area contributed by atoms with Crippen LogP contribution in [0.1, 0.15) is 38.7 Å².